The summed E-state index contributed by atoms with van der Waals surface area (Å²) in [4.78, 5) is 144. The number of ether oxygens (including phenoxy) is 9. The second-order valence-corrected chi connectivity index (χ2v) is 25.4. The van der Waals surface area contributed by atoms with Gasteiger partial charge in [0.05, 0.1) is 59.3 Å². The molecule has 0 saturated carbocycles. The monoisotopic (exact) mass is 1260 g/mol. The van der Waals surface area contributed by atoms with Crippen LogP contribution >= 0.6 is 0 Å². The number of ketones is 1. The molecule has 0 spiro atoms. The Morgan fingerprint density at radius 3 is 0.761 bits per heavy atom. The third-order valence-corrected chi connectivity index (χ3v) is 9.29. The molecule has 33 nitrogen and oxygen atoms in total. The zero-order valence-corrected chi connectivity index (χ0v) is 54.6. The van der Waals surface area contributed by atoms with Crippen LogP contribution in [0.4, 0.5) is 28.8 Å². The van der Waals surface area contributed by atoms with Crippen LogP contribution in [-0.4, -0.2) is 197 Å². The number of guanidine groups is 3. The van der Waals surface area contributed by atoms with Gasteiger partial charge in [0.2, 0.25) is 35.6 Å². The highest BCUT2D eigenvalue weighted by atomic mass is 16.6. The molecule has 0 atom stereocenters. The van der Waals surface area contributed by atoms with Gasteiger partial charge >= 0.3 is 36.6 Å². The molecule has 0 heterocycles. The summed E-state index contributed by atoms with van der Waals surface area (Å²) in [6.07, 6.45) is -6.32. The number of hydrogen-bond acceptors (Lipinski definition) is 24. The van der Waals surface area contributed by atoms with Gasteiger partial charge in [0, 0.05) is 50.7 Å². The quantitative estimate of drug-likeness (QED) is 0.0176. The minimum absolute atomic E-state index is 0.0512. The molecule has 0 aromatic carbocycles. The number of nitrogens with two attached hydrogens (primary N) is 1. The highest BCUT2D eigenvalue weighted by Gasteiger charge is 2.35. The van der Waals surface area contributed by atoms with E-state index in [1.807, 2.05) is 0 Å². The Balaban J connectivity index is 6.26. The number of nitrogens with one attached hydrogen (secondary N) is 9. The van der Waals surface area contributed by atoms with Gasteiger partial charge in [-0.1, -0.05) is 0 Å². The van der Waals surface area contributed by atoms with E-state index >= 15 is 0 Å². The summed E-state index contributed by atoms with van der Waals surface area (Å²) in [5.74, 6) is 2.42. The minimum atomic E-state index is -1.33. The lowest BCUT2D eigenvalue weighted by molar-refractivity contribution is -0.136. The number of amides is 9. The normalized spacial score (nSPS) is 11.9. The van der Waals surface area contributed by atoms with Gasteiger partial charge in [-0.25, -0.2) is 34.7 Å². The smallest absolute Gasteiger partial charge is 0.414 e. The van der Waals surface area contributed by atoms with Gasteiger partial charge in [-0.3, -0.25) is 70.9 Å². The highest BCUT2D eigenvalue weighted by molar-refractivity contribution is 6.03. The van der Waals surface area contributed by atoms with Gasteiger partial charge in [-0.15, -0.1) is 0 Å². The van der Waals surface area contributed by atoms with Crippen molar-refractivity contribution in [1.82, 2.24) is 47.9 Å². The van der Waals surface area contributed by atoms with Gasteiger partial charge in [-0.2, -0.15) is 0 Å². The molecule has 33 heteroatoms. The van der Waals surface area contributed by atoms with Gasteiger partial charge in [-0.05, 0) is 125 Å². The van der Waals surface area contributed by atoms with Gasteiger partial charge in [0.25, 0.3) is 0 Å². The summed E-state index contributed by atoms with van der Waals surface area (Å²) in [5.41, 5.74) is -6.53. The Labute approximate surface area is 515 Å². The second kappa shape index (κ2) is 38.7. The minimum Gasteiger partial charge on any atom is -0.444 e. The molecule has 0 aliphatic heterocycles. The summed E-state index contributed by atoms with van der Waals surface area (Å²) in [5, 5.41) is 22.1. The van der Waals surface area contributed by atoms with Gasteiger partial charge < -0.3 is 58.6 Å². The third kappa shape index (κ3) is 47.6. The Hall–Kier alpha value is -7.49. The molecule has 0 rings (SSSR count). The summed E-state index contributed by atoms with van der Waals surface area (Å²) in [7, 11) is 0. The second-order valence-electron chi connectivity index (χ2n) is 25.4. The molecule has 0 aliphatic rings. The van der Waals surface area contributed by atoms with E-state index in [9.17, 15) is 47.9 Å². The topological polar surface area (TPSA) is 434 Å². The van der Waals surface area contributed by atoms with Crippen molar-refractivity contribution in [3.63, 3.8) is 0 Å². The molecule has 9 amide bonds. The number of aliphatic imine (C=N–C) groups is 3. The van der Waals surface area contributed by atoms with Crippen LogP contribution in [-0.2, 0) is 66.6 Å². The predicted octanol–water partition coefficient (Wildman–Crippen LogP) is 3.61. The SMILES string of the molecule is CC(C)(C)OC(=O)NC(=NCCNC(=O)CCOCC(COCCC(=O)NCCN=C(NC(=O)OC(C)(C)C)NC(=O)OC(C)(C)C)(COCCC(=O)NCCN=C(NC(=O)OC(C)(C)C)NC(=O)OC(C)(C)C)CC(=O)CON)NC(=O)OC(C)(C)C. The molecule has 0 fully saturated rings. The summed E-state index contributed by atoms with van der Waals surface area (Å²) >= 11 is 0. The molecule has 11 N–H and O–H groups in total. The number of hydrogen-bond donors (Lipinski definition) is 10. The summed E-state index contributed by atoms with van der Waals surface area (Å²) in [6.45, 7) is 27.3. The zero-order valence-electron chi connectivity index (χ0n) is 54.6. The van der Waals surface area contributed by atoms with E-state index < -0.39 is 106 Å². The molecule has 0 aromatic heterocycles. The Morgan fingerprint density at radius 1 is 0.352 bits per heavy atom. The molecule has 0 aliphatic carbocycles. The van der Waals surface area contributed by atoms with E-state index in [2.05, 4.69) is 67.7 Å². The van der Waals surface area contributed by atoms with Crippen LogP contribution in [0, 0.1) is 5.41 Å². The molecule has 88 heavy (non-hydrogen) atoms. The van der Waals surface area contributed by atoms with Crippen LogP contribution in [0.1, 0.15) is 150 Å². The third-order valence-electron chi connectivity index (χ3n) is 9.29. The molecule has 0 saturated heterocycles. The van der Waals surface area contributed by atoms with E-state index in [0.29, 0.717) is 0 Å². The van der Waals surface area contributed by atoms with Crippen molar-refractivity contribution >= 4 is 77.9 Å². The van der Waals surface area contributed by atoms with Crippen molar-refractivity contribution in [1.29, 1.82) is 0 Å². The number of rotatable bonds is 28. The van der Waals surface area contributed by atoms with E-state index in [1.54, 1.807) is 125 Å². The first-order valence-electron chi connectivity index (χ1n) is 28.4. The standard InChI is InChI=1S/C55H99N13O20/c1-49(2,3)83-43(73)63-40(64-44(74)84-50(4,5)6)60-25-22-57-37(70)19-28-79-33-55(31-36(69)32-82-56,34-80-29-20-38(71)58-23-26-61-41(65-45(75)85-51(7,8)9)66-46(76)86-52(10,11)12)35-81-30-21-39(72)59-24-27-62-42(67-47(77)87-53(13,14)15)68-48(78)88-54(16,17)18/h19-35,56H2,1-18H3,(H,57,70)(H,58,71)(H,59,72)(H2,60,63,64,73,74)(H2,61,65,66,75,76)(H2,62,67,68,77,78). The van der Waals surface area contributed by atoms with E-state index in [-0.39, 0.29) is 122 Å². The number of alkyl carbamates (subject to hydrolysis) is 6. The molecular weight excluding hydrogens is 1160 g/mol. The molecular formula is C55H99N13O20. The van der Waals surface area contributed by atoms with Crippen LogP contribution in [0.5, 0.6) is 0 Å². The fraction of sp³-hybridized carbons (Fsp3) is 0.764. The van der Waals surface area contributed by atoms with E-state index in [1.165, 1.54) is 0 Å². The van der Waals surface area contributed by atoms with Crippen molar-refractivity contribution in [2.45, 2.75) is 184 Å². The van der Waals surface area contributed by atoms with Crippen LogP contribution in [0.2, 0.25) is 0 Å². The molecule has 504 valence electrons. The maximum Gasteiger partial charge on any atom is 0.414 e. The van der Waals surface area contributed by atoms with E-state index in [0.717, 1.165) is 0 Å². The molecule has 0 unspecified atom stereocenters. The fourth-order valence-corrected chi connectivity index (χ4v) is 6.29. The number of Topliss-reactive ketones (excluding diaryl/α,β-unsaturated/α-hetero) is 1. The maximum absolute atomic E-state index is 13.2. The Morgan fingerprint density at radius 2 is 0.568 bits per heavy atom. The predicted molar refractivity (Wildman–Crippen MR) is 321 cm³/mol. The lowest BCUT2D eigenvalue weighted by Crippen LogP contribution is -2.47. The Bertz CT molecular complexity index is 2040. The van der Waals surface area contributed by atoms with Gasteiger partial charge in [0.1, 0.15) is 40.2 Å². The molecule has 0 radical (unpaired) electrons. The average Bonchev–Trinajstić information content (AvgIpc) is 3.50. The summed E-state index contributed by atoms with van der Waals surface area (Å²) in [6, 6.07) is 0. The first kappa shape index (κ1) is 80.5. The van der Waals surface area contributed by atoms with Crippen molar-refractivity contribution in [2.24, 2.45) is 26.3 Å². The van der Waals surface area contributed by atoms with Gasteiger partial charge in [0.15, 0.2) is 5.78 Å². The van der Waals surface area contributed by atoms with Crippen molar-refractivity contribution in [3.8, 4) is 0 Å². The lowest BCUT2D eigenvalue weighted by Gasteiger charge is -2.32. The van der Waals surface area contributed by atoms with Crippen molar-refractivity contribution < 1.29 is 95.4 Å². The largest absolute Gasteiger partial charge is 0.444 e. The van der Waals surface area contributed by atoms with Crippen LogP contribution in [0.15, 0.2) is 15.0 Å². The van der Waals surface area contributed by atoms with Crippen LogP contribution in [0.3, 0.4) is 0 Å². The number of carbonyl (C=O) groups excluding carboxylic acids is 10. The van der Waals surface area contributed by atoms with E-state index in [4.69, 9.17) is 48.5 Å². The maximum atomic E-state index is 13.2. The molecule has 0 aromatic rings. The lowest BCUT2D eigenvalue weighted by atomic mass is 9.85. The number of carbonyl (C=O) groups is 10. The first-order chi connectivity index (χ1) is 40.4. The first-order valence-corrected chi connectivity index (χ1v) is 28.4. The van der Waals surface area contributed by atoms with Crippen molar-refractivity contribution in [3.05, 3.63) is 0 Å². The fourth-order valence-electron chi connectivity index (χ4n) is 6.29. The highest BCUT2D eigenvalue weighted by Crippen LogP contribution is 2.26. The van der Waals surface area contributed by atoms with Crippen LogP contribution in [0.25, 0.3) is 0 Å². The zero-order chi connectivity index (χ0) is 67.6. The molecule has 0 bridgehead atoms. The number of nitrogens with zero attached hydrogens (tertiary/aromatic N) is 3. The summed E-state index contributed by atoms with van der Waals surface area (Å²) < 4.78 is 49.4. The van der Waals surface area contributed by atoms with Crippen molar-refractivity contribution in [2.75, 3.05) is 85.5 Å². The average molecular weight is 1260 g/mol. The van der Waals surface area contributed by atoms with Crippen LogP contribution < -0.4 is 53.7 Å². The Kier molecular flexibility index (Phi) is 35.4.